The number of carbonyl (C=O) groups is 2. The Labute approximate surface area is 83.8 Å². The highest BCUT2D eigenvalue weighted by atomic mass is 16.5. The van der Waals surface area contributed by atoms with E-state index in [9.17, 15) is 9.59 Å². The summed E-state index contributed by atoms with van der Waals surface area (Å²) >= 11 is 0. The topological polar surface area (TPSA) is 95.4 Å². The summed E-state index contributed by atoms with van der Waals surface area (Å²) in [4.78, 5) is 21.9. The first kappa shape index (κ1) is 12.9. The molecular formula is C9H18N2O3. The van der Waals surface area contributed by atoms with Crippen molar-refractivity contribution in [2.45, 2.75) is 38.7 Å². The number of hydrogen-bond donors (Lipinski definition) is 2. The molecule has 4 N–H and O–H groups in total. The van der Waals surface area contributed by atoms with Gasteiger partial charge in [0.15, 0.2) is 6.10 Å². The average molecular weight is 202 g/mol. The van der Waals surface area contributed by atoms with E-state index in [4.69, 9.17) is 16.2 Å². The molecule has 0 saturated carbocycles. The number of ether oxygens (including phenoxy) is 1. The molecule has 1 unspecified atom stereocenters. The van der Waals surface area contributed by atoms with E-state index in [1.807, 2.05) is 6.92 Å². The van der Waals surface area contributed by atoms with Gasteiger partial charge < -0.3 is 16.2 Å². The van der Waals surface area contributed by atoms with Crippen LogP contribution in [-0.2, 0) is 14.3 Å². The fraction of sp³-hybridized carbons (Fsp3) is 0.778. The quantitative estimate of drug-likeness (QED) is 0.564. The average Bonchev–Trinajstić information content (AvgIpc) is 2.12. The molecule has 0 aromatic rings. The highest BCUT2D eigenvalue weighted by molar-refractivity contribution is 5.82. The molecule has 0 fully saturated rings. The van der Waals surface area contributed by atoms with Gasteiger partial charge in [-0.15, -0.1) is 0 Å². The number of carbonyl (C=O) groups excluding carboxylic acids is 2. The van der Waals surface area contributed by atoms with Crippen LogP contribution >= 0.6 is 0 Å². The minimum Gasteiger partial charge on any atom is -0.452 e. The molecule has 14 heavy (non-hydrogen) atoms. The summed E-state index contributed by atoms with van der Waals surface area (Å²) in [6.07, 6.45) is 1.21. The Morgan fingerprint density at radius 3 is 2.50 bits per heavy atom. The lowest BCUT2D eigenvalue weighted by Crippen LogP contribution is -2.33. The summed E-state index contributed by atoms with van der Waals surface area (Å²) in [5.74, 6) is -0.990. The van der Waals surface area contributed by atoms with Crippen LogP contribution in [0.4, 0.5) is 0 Å². The van der Waals surface area contributed by atoms with E-state index in [0.717, 1.165) is 0 Å². The van der Waals surface area contributed by atoms with Crippen LogP contribution in [0.25, 0.3) is 0 Å². The normalized spacial score (nSPS) is 12.1. The molecule has 5 heteroatoms. The molecule has 0 aliphatic rings. The Hall–Kier alpha value is -1.10. The monoisotopic (exact) mass is 202 g/mol. The second-order valence-corrected chi connectivity index (χ2v) is 3.06. The van der Waals surface area contributed by atoms with Crippen LogP contribution < -0.4 is 11.5 Å². The highest BCUT2D eigenvalue weighted by Crippen LogP contribution is 2.04. The van der Waals surface area contributed by atoms with E-state index in [2.05, 4.69) is 0 Å². The Balaban J connectivity index is 3.95. The van der Waals surface area contributed by atoms with Crippen molar-refractivity contribution in [3.8, 4) is 0 Å². The van der Waals surface area contributed by atoms with E-state index < -0.39 is 12.0 Å². The summed E-state index contributed by atoms with van der Waals surface area (Å²) in [6.45, 7) is 2.32. The minimum absolute atomic E-state index is 0.312. The van der Waals surface area contributed by atoms with Gasteiger partial charge in [-0.25, -0.2) is 0 Å². The molecule has 0 aliphatic heterocycles. The maximum Gasteiger partial charge on any atom is 0.306 e. The Bertz CT molecular complexity index is 194. The van der Waals surface area contributed by atoms with Crippen LogP contribution in [0.1, 0.15) is 32.6 Å². The SMILES string of the molecule is CCCC(=O)OC(CCCN)C(N)=O. The van der Waals surface area contributed by atoms with E-state index in [1.54, 1.807) is 0 Å². The molecule has 0 bridgehead atoms. The van der Waals surface area contributed by atoms with Gasteiger partial charge in [0.25, 0.3) is 5.91 Å². The standard InChI is InChI=1S/C9H18N2O3/c1-2-4-8(12)14-7(9(11)13)5-3-6-10/h7H,2-6,10H2,1H3,(H2,11,13). The van der Waals surface area contributed by atoms with Crippen molar-refractivity contribution in [1.29, 1.82) is 0 Å². The number of nitrogens with two attached hydrogens (primary N) is 2. The third kappa shape index (κ3) is 5.53. The first-order chi connectivity index (χ1) is 6.61. The molecule has 1 atom stereocenters. The highest BCUT2D eigenvalue weighted by Gasteiger charge is 2.18. The lowest BCUT2D eigenvalue weighted by molar-refractivity contribution is -0.155. The number of rotatable bonds is 7. The van der Waals surface area contributed by atoms with E-state index in [-0.39, 0.29) is 5.97 Å². The number of hydrogen-bond acceptors (Lipinski definition) is 4. The van der Waals surface area contributed by atoms with Crippen molar-refractivity contribution in [2.75, 3.05) is 6.54 Å². The van der Waals surface area contributed by atoms with Gasteiger partial charge in [-0.3, -0.25) is 9.59 Å². The first-order valence-electron chi connectivity index (χ1n) is 4.80. The maximum atomic E-state index is 11.1. The predicted octanol–water partition coefficient (Wildman–Crippen LogP) is -0.0775. The second kappa shape index (κ2) is 7.32. The van der Waals surface area contributed by atoms with Crippen LogP contribution in [0.3, 0.4) is 0 Å². The molecule has 0 rings (SSSR count). The fourth-order valence-electron chi connectivity index (χ4n) is 0.984. The molecular weight excluding hydrogens is 184 g/mol. The van der Waals surface area contributed by atoms with Crippen LogP contribution in [0.15, 0.2) is 0 Å². The number of esters is 1. The lowest BCUT2D eigenvalue weighted by Gasteiger charge is -2.13. The molecule has 0 saturated heterocycles. The number of primary amides is 1. The summed E-state index contributed by atoms with van der Waals surface area (Å²) in [6, 6.07) is 0. The van der Waals surface area contributed by atoms with Gasteiger partial charge >= 0.3 is 5.97 Å². The van der Waals surface area contributed by atoms with E-state index >= 15 is 0 Å². The summed E-state index contributed by atoms with van der Waals surface area (Å²) in [7, 11) is 0. The van der Waals surface area contributed by atoms with E-state index in [1.165, 1.54) is 0 Å². The molecule has 5 nitrogen and oxygen atoms in total. The van der Waals surface area contributed by atoms with Crippen molar-refractivity contribution in [3.63, 3.8) is 0 Å². The zero-order chi connectivity index (χ0) is 11.0. The van der Waals surface area contributed by atoms with Gasteiger partial charge in [0, 0.05) is 6.42 Å². The lowest BCUT2D eigenvalue weighted by atomic mass is 10.2. The fourth-order valence-corrected chi connectivity index (χ4v) is 0.984. The molecule has 82 valence electrons. The molecule has 0 aromatic heterocycles. The molecule has 0 radical (unpaired) electrons. The summed E-state index contributed by atoms with van der Waals surface area (Å²) in [5.41, 5.74) is 10.3. The van der Waals surface area contributed by atoms with Crippen molar-refractivity contribution >= 4 is 11.9 Å². The second-order valence-electron chi connectivity index (χ2n) is 3.06. The first-order valence-corrected chi connectivity index (χ1v) is 4.80. The Morgan fingerprint density at radius 1 is 1.43 bits per heavy atom. The summed E-state index contributed by atoms with van der Waals surface area (Å²) < 4.78 is 4.89. The van der Waals surface area contributed by atoms with E-state index in [0.29, 0.717) is 32.2 Å². The van der Waals surface area contributed by atoms with Gasteiger partial charge in [0.1, 0.15) is 0 Å². The van der Waals surface area contributed by atoms with Gasteiger partial charge in [-0.1, -0.05) is 6.92 Å². The van der Waals surface area contributed by atoms with Crippen molar-refractivity contribution < 1.29 is 14.3 Å². The number of amides is 1. The van der Waals surface area contributed by atoms with Crippen molar-refractivity contribution in [2.24, 2.45) is 11.5 Å². The van der Waals surface area contributed by atoms with Crippen LogP contribution in [0.2, 0.25) is 0 Å². The molecule has 0 spiro atoms. The zero-order valence-corrected chi connectivity index (χ0v) is 8.49. The van der Waals surface area contributed by atoms with Crippen LogP contribution in [-0.4, -0.2) is 24.5 Å². The minimum atomic E-state index is -0.822. The van der Waals surface area contributed by atoms with Crippen LogP contribution in [0, 0.1) is 0 Å². The van der Waals surface area contributed by atoms with Crippen molar-refractivity contribution in [1.82, 2.24) is 0 Å². The van der Waals surface area contributed by atoms with Gasteiger partial charge in [0.2, 0.25) is 0 Å². The Morgan fingerprint density at radius 2 is 2.07 bits per heavy atom. The predicted molar refractivity (Wildman–Crippen MR) is 52.3 cm³/mol. The summed E-state index contributed by atoms with van der Waals surface area (Å²) in [5, 5.41) is 0. The van der Waals surface area contributed by atoms with Crippen molar-refractivity contribution in [3.05, 3.63) is 0 Å². The largest absolute Gasteiger partial charge is 0.452 e. The zero-order valence-electron chi connectivity index (χ0n) is 8.49. The van der Waals surface area contributed by atoms with Gasteiger partial charge in [0.05, 0.1) is 0 Å². The molecule has 0 aliphatic carbocycles. The Kier molecular flexibility index (Phi) is 6.74. The van der Waals surface area contributed by atoms with Crippen LogP contribution in [0.5, 0.6) is 0 Å². The molecule has 0 aromatic carbocycles. The third-order valence-electron chi connectivity index (χ3n) is 1.72. The van der Waals surface area contributed by atoms with Gasteiger partial charge in [-0.05, 0) is 25.8 Å². The smallest absolute Gasteiger partial charge is 0.306 e. The molecule has 0 heterocycles. The maximum absolute atomic E-state index is 11.1. The third-order valence-corrected chi connectivity index (χ3v) is 1.72. The molecule has 1 amide bonds. The van der Waals surface area contributed by atoms with Gasteiger partial charge in [-0.2, -0.15) is 0 Å².